The standard InChI is InChI=1S/C15H12ClFO3S/c1-9-7-13(10-3-5-11(17)6-4-10)14(21(2,19)20)8-12(9)15(16)18/h3-8H,1-2H3. The van der Waals surface area contributed by atoms with Gasteiger partial charge in [-0.3, -0.25) is 4.79 Å². The highest BCUT2D eigenvalue weighted by atomic mass is 35.5. The molecule has 0 aliphatic carbocycles. The number of rotatable bonds is 3. The van der Waals surface area contributed by atoms with Gasteiger partial charge in [-0.1, -0.05) is 12.1 Å². The molecule has 0 N–H and O–H groups in total. The molecule has 2 aromatic carbocycles. The molecule has 2 aromatic rings. The van der Waals surface area contributed by atoms with E-state index < -0.39 is 20.9 Å². The maximum Gasteiger partial charge on any atom is 0.252 e. The molecular formula is C15H12ClFO3S. The summed E-state index contributed by atoms with van der Waals surface area (Å²) in [7, 11) is -3.57. The van der Waals surface area contributed by atoms with Crippen molar-refractivity contribution >= 4 is 26.7 Å². The lowest BCUT2D eigenvalue weighted by molar-refractivity contribution is 0.108. The van der Waals surface area contributed by atoms with Crippen LogP contribution in [0.3, 0.4) is 0 Å². The lowest BCUT2D eigenvalue weighted by Crippen LogP contribution is -2.04. The van der Waals surface area contributed by atoms with E-state index in [1.807, 2.05) is 0 Å². The van der Waals surface area contributed by atoms with Crippen LogP contribution < -0.4 is 0 Å². The van der Waals surface area contributed by atoms with E-state index in [2.05, 4.69) is 0 Å². The summed E-state index contributed by atoms with van der Waals surface area (Å²) in [4.78, 5) is 11.3. The van der Waals surface area contributed by atoms with Crippen LogP contribution in [0.1, 0.15) is 15.9 Å². The fraction of sp³-hybridized carbons (Fsp3) is 0.133. The zero-order valence-corrected chi connectivity index (χ0v) is 12.9. The maximum atomic E-state index is 13.0. The third-order valence-corrected chi connectivity index (χ3v) is 4.43. The number of hydrogen-bond donors (Lipinski definition) is 0. The van der Waals surface area contributed by atoms with E-state index in [9.17, 15) is 17.6 Å². The second-order valence-corrected chi connectivity index (χ2v) is 7.04. The number of halogens is 2. The van der Waals surface area contributed by atoms with Crippen LogP contribution in [0.25, 0.3) is 11.1 Å². The molecule has 0 unspecified atom stereocenters. The van der Waals surface area contributed by atoms with Crippen molar-refractivity contribution in [2.75, 3.05) is 6.26 Å². The van der Waals surface area contributed by atoms with Crippen LogP contribution in [-0.4, -0.2) is 19.9 Å². The van der Waals surface area contributed by atoms with E-state index >= 15 is 0 Å². The highest BCUT2D eigenvalue weighted by Gasteiger charge is 2.19. The van der Waals surface area contributed by atoms with Gasteiger partial charge < -0.3 is 0 Å². The van der Waals surface area contributed by atoms with Crippen molar-refractivity contribution < 1.29 is 17.6 Å². The van der Waals surface area contributed by atoms with Gasteiger partial charge in [0.15, 0.2) is 9.84 Å². The number of carbonyl (C=O) groups excluding carboxylic acids is 1. The fourth-order valence-corrected chi connectivity index (χ4v) is 3.17. The Morgan fingerprint density at radius 1 is 1.14 bits per heavy atom. The highest BCUT2D eigenvalue weighted by Crippen LogP contribution is 2.31. The highest BCUT2D eigenvalue weighted by molar-refractivity contribution is 7.90. The van der Waals surface area contributed by atoms with E-state index in [4.69, 9.17) is 11.6 Å². The zero-order valence-electron chi connectivity index (χ0n) is 11.4. The molecule has 6 heteroatoms. The van der Waals surface area contributed by atoms with E-state index in [0.717, 1.165) is 6.26 Å². The molecule has 0 aromatic heterocycles. The Morgan fingerprint density at radius 2 is 1.71 bits per heavy atom. The Balaban J connectivity index is 2.79. The van der Waals surface area contributed by atoms with Crippen molar-refractivity contribution in [2.45, 2.75) is 11.8 Å². The summed E-state index contributed by atoms with van der Waals surface area (Å²) in [5.41, 5.74) is 1.66. The molecule has 0 aliphatic heterocycles. The summed E-state index contributed by atoms with van der Waals surface area (Å²) < 4.78 is 36.9. The molecule has 0 atom stereocenters. The first-order valence-corrected chi connectivity index (χ1v) is 8.27. The van der Waals surface area contributed by atoms with E-state index in [1.165, 1.54) is 30.3 Å². The minimum Gasteiger partial charge on any atom is -0.276 e. The van der Waals surface area contributed by atoms with Crippen molar-refractivity contribution in [1.82, 2.24) is 0 Å². The van der Waals surface area contributed by atoms with Gasteiger partial charge in [0.05, 0.1) is 4.90 Å². The molecule has 0 spiro atoms. The van der Waals surface area contributed by atoms with Gasteiger partial charge >= 0.3 is 0 Å². The van der Waals surface area contributed by atoms with Crippen molar-refractivity contribution in [3.63, 3.8) is 0 Å². The van der Waals surface area contributed by atoms with Crippen molar-refractivity contribution in [1.29, 1.82) is 0 Å². The third kappa shape index (κ3) is 3.31. The molecule has 0 radical (unpaired) electrons. The topological polar surface area (TPSA) is 51.2 Å². The van der Waals surface area contributed by atoms with Crippen molar-refractivity contribution in [2.24, 2.45) is 0 Å². The molecule has 2 rings (SSSR count). The second kappa shape index (κ2) is 5.58. The summed E-state index contributed by atoms with van der Waals surface area (Å²) in [6.45, 7) is 1.66. The lowest BCUT2D eigenvalue weighted by Gasteiger charge is -2.12. The first-order chi connectivity index (χ1) is 9.70. The van der Waals surface area contributed by atoms with E-state index in [0.29, 0.717) is 16.7 Å². The molecule has 0 amide bonds. The van der Waals surface area contributed by atoms with Crippen LogP contribution in [0.5, 0.6) is 0 Å². The van der Waals surface area contributed by atoms with Gasteiger partial charge in [-0.15, -0.1) is 0 Å². The monoisotopic (exact) mass is 326 g/mol. The summed E-state index contributed by atoms with van der Waals surface area (Å²) in [5, 5.41) is -0.719. The average Bonchev–Trinajstić information content (AvgIpc) is 2.37. The zero-order chi connectivity index (χ0) is 15.8. The van der Waals surface area contributed by atoms with Crippen LogP contribution >= 0.6 is 11.6 Å². The third-order valence-electron chi connectivity index (χ3n) is 3.09. The van der Waals surface area contributed by atoms with E-state index in [-0.39, 0.29) is 10.5 Å². The normalized spacial score (nSPS) is 11.4. The molecule has 21 heavy (non-hydrogen) atoms. The molecule has 0 fully saturated rings. The van der Waals surface area contributed by atoms with Crippen LogP contribution in [0, 0.1) is 12.7 Å². The molecule has 3 nitrogen and oxygen atoms in total. The first kappa shape index (κ1) is 15.7. The largest absolute Gasteiger partial charge is 0.276 e. The summed E-state index contributed by atoms with van der Waals surface area (Å²) in [6, 6.07) is 8.30. The number of aryl methyl sites for hydroxylation is 1. The quantitative estimate of drug-likeness (QED) is 0.810. The SMILES string of the molecule is Cc1cc(-c2ccc(F)cc2)c(S(C)(=O)=O)cc1C(=O)Cl. The lowest BCUT2D eigenvalue weighted by atomic mass is 10.00. The van der Waals surface area contributed by atoms with Gasteiger partial charge in [0.1, 0.15) is 5.82 Å². The Bertz CT molecular complexity index is 812. The molecule has 0 saturated heterocycles. The minimum absolute atomic E-state index is 0.0105. The van der Waals surface area contributed by atoms with Gasteiger partial charge in [-0.25, -0.2) is 12.8 Å². The summed E-state index contributed by atoms with van der Waals surface area (Å²) in [6.07, 6.45) is 1.05. The van der Waals surface area contributed by atoms with Gasteiger partial charge in [0.2, 0.25) is 0 Å². The fourth-order valence-electron chi connectivity index (χ4n) is 2.06. The Morgan fingerprint density at radius 3 is 2.19 bits per heavy atom. The predicted molar refractivity (Wildman–Crippen MR) is 79.9 cm³/mol. The predicted octanol–water partition coefficient (Wildman–Crippen LogP) is 3.58. The molecule has 0 heterocycles. The first-order valence-electron chi connectivity index (χ1n) is 6.00. The smallest absolute Gasteiger partial charge is 0.252 e. The maximum absolute atomic E-state index is 13.0. The van der Waals surface area contributed by atoms with Crippen LogP contribution in [0.2, 0.25) is 0 Å². The van der Waals surface area contributed by atoms with E-state index in [1.54, 1.807) is 13.0 Å². The number of hydrogen-bond acceptors (Lipinski definition) is 3. The van der Waals surface area contributed by atoms with Crippen molar-refractivity contribution in [3.8, 4) is 11.1 Å². The van der Waals surface area contributed by atoms with Gasteiger partial charge in [-0.2, -0.15) is 0 Å². The molecule has 110 valence electrons. The number of sulfone groups is 1. The minimum atomic E-state index is -3.57. The van der Waals surface area contributed by atoms with Crippen LogP contribution in [0.15, 0.2) is 41.3 Å². The Labute approximate surface area is 127 Å². The number of carbonyl (C=O) groups is 1. The molecular weight excluding hydrogens is 315 g/mol. The molecule has 0 aliphatic rings. The second-order valence-electron chi connectivity index (χ2n) is 4.72. The number of benzene rings is 2. The summed E-state index contributed by atoms with van der Waals surface area (Å²) in [5.74, 6) is -0.413. The van der Waals surface area contributed by atoms with Crippen LogP contribution in [-0.2, 0) is 9.84 Å². The Kier molecular flexibility index (Phi) is 4.16. The van der Waals surface area contributed by atoms with Gasteiger partial charge in [0, 0.05) is 17.4 Å². The van der Waals surface area contributed by atoms with Gasteiger partial charge in [-0.05, 0) is 53.9 Å². The average molecular weight is 327 g/mol. The Hall–Kier alpha value is -1.72. The molecule has 0 bridgehead atoms. The molecule has 0 saturated carbocycles. The van der Waals surface area contributed by atoms with Crippen molar-refractivity contribution in [3.05, 3.63) is 53.3 Å². The van der Waals surface area contributed by atoms with Gasteiger partial charge in [0.25, 0.3) is 5.24 Å². The summed E-state index contributed by atoms with van der Waals surface area (Å²) >= 11 is 5.47. The van der Waals surface area contributed by atoms with Crippen LogP contribution in [0.4, 0.5) is 4.39 Å².